The molecule has 3 aromatic rings. The van der Waals surface area contributed by atoms with Crippen molar-refractivity contribution in [3.63, 3.8) is 0 Å². The van der Waals surface area contributed by atoms with Gasteiger partial charge in [-0.2, -0.15) is 13.2 Å². The molecule has 0 aromatic heterocycles. The number of ether oxygens (including phenoxy) is 4. The van der Waals surface area contributed by atoms with E-state index in [1.807, 2.05) is 19.1 Å². The Kier molecular flexibility index (Phi) is 13.9. The van der Waals surface area contributed by atoms with Crippen LogP contribution in [0.5, 0.6) is 11.5 Å². The van der Waals surface area contributed by atoms with Crippen LogP contribution < -0.4 is 9.47 Å². The number of carbonyl (C=O) groups is 3. The van der Waals surface area contributed by atoms with Gasteiger partial charge in [-0.15, -0.1) is 0 Å². The van der Waals surface area contributed by atoms with E-state index in [2.05, 4.69) is 6.92 Å². The van der Waals surface area contributed by atoms with Crippen LogP contribution in [0.1, 0.15) is 85.9 Å². The van der Waals surface area contributed by atoms with Gasteiger partial charge in [0.15, 0.2) is 0 Å². The Morgan fingerprint density at radius 3 is 1.91 bits per heavy atom. The Labute approximate surface area is 261 Å². The summed E-state index contributed by atoms with van der Waals surface area (Å²) in [6, 6.07) is 20.4. The second kappa shape index (κ2) is 17.8. The van der Waals surface area contributed by atoms with E-state index in [1.165, 1.54) is 6.42 Å². The van der Waals surface area contributed by atoms with E-state index in [1.54, 1.807) is 60.7 Å². The third-order valence-corrected chi connectivity index (χ3v) is 6.81. The second-order valence-electron chi connectivity index (χ2n) is 10.6. The maximum atomic E-state index is 12.7. The van der Waals surface area contributed by atoms with Crippen molar-refractivity contribution in [1.82, 2.24) is 0 Å². The van der Waals surface area contributed by atoms with Crippen molar-refractivity contribution in [2.24, 2.45) is 0 Å². The van der Waals surface area contributed by atoms with Crippen LogP contribution in [-0.4, -0.2) is 43.4 Å². The molecule has 0 aliphatic carbocycles. The summed E-state index contributed by atoms with van der Waals surface area (Å²) in [5, 5.41) is 0. The Hall–Kier alpha value is -4.34. The zero-order valence-electron chi connectivity index (χ0n) is 25.6. The van der Waals surface area contributed by atoms with Crippen LogP contribution in [0.4, 0.5) is 13.2 Å². The predicted octanol–water partition coefficient (Wildman–Crippen LogP) is 8.74. The lowest BCUT2D eigenvalue weighted by atomic mass is 10.0. The van der Waals surface area contributed by atoms with Crippen LogP contribution in [0.25, 0.3) is 11.1 Å². The molecule has 3 rings (SSSR count). The highest BCUT2D eigenvalue weighted by atomic mass is 19.4. The van der Waals surface area contributed by atoms with Gasteiger partial charge in [0.1, 0.15) is 11.5 Å². The van der Waals surface area contributed by atoms with Crippen LogP contribution in [0.2, 0.25) is 0 Å². The summed E-state index contributed by atoms with van der Waals surface area (Å²) in [5.41, 5.74) is 2.50. The van der Waals surface area contributed by atoms with Gasteiger partial charge in [0, 0.05) is 6.42 Å². The largest absolute Gasteiger partial charge is 0.493 e. The molecule has 242 valence electrons. The Bertz CT molecular complexity index is 1350. The maximum Gasteiger partial charge on any atom is 0.389 e. The van der Waals surface area contributed by atoms with E-state index < -0.39 is 36.9 Å². The molecule has 0 amide bonds. The van der Waals surface area contributed by atoms with Crippen LogP contribution in [0, 0.1) is 0 Å². The quantitative estimate of drug-likeness (QED) is 0.0839. The number of rotatable bonds is 17. The molecular formula is C35H39F3O7. The first-order chi connectivity index (χ1) is 21.5. The summed E-state index contributed by atoms with van der Waals surface area (Å²) in [6.07, 6.45) is -0.811. The molecule has 0 fully saturated rings. The van der Waals surface area contributed by atoms with E-state index in [0.29, 0.717) is 29.0 Å². The first kappa shape index (κ1) is 35.1. The Morgan fingerprint density at radius 1 is 0.711 bits per heavy atom. The molecule has 0 radical (unpaired) electrons. The van der Waals surface area contributed by atoms with Crippen LogP contribution >= 0.6 is 0 Å². The van der Waals surface area contributed by atoms with Crippen LogP contribution in [0.15, 0.2) is 72.8 Å². The molecule has 0 saturated carbocycles. The van der Waals surface area contributed by atoms with E-state index in [-0.39, 0.29) is 19.3 Å². The Morgan fingerprint density at radius 2 is 1.29 bits per heavy atom. The number of carbonyl (C=O) groups excluding carboxylic acids is 3. The minimum Gasteiger partial charge on any atom is -0.493 e. The van der Waals surface area contributed by atoms with E-state index in [4.69, 9.17) is 18.9 Å². The highest BCUT2D eigenvalue weighted by Gasteiger charge is 2.28. The molecule has 45 heavy (non-hydrogen) atoms. The van der Waals surface area contributed by atoms with Gasteiger partial charge in [-0.25, -0.2) is 9.59 Å². The molecule has 0 aliphatic heterocycles. The summed E-state index contributed by atoms with van der Waals surface area (Å²) in [4.78, 5) is 36.4. The Balaban J connectivity index is 1.41. The summed E-state index contributed by atoms with van der Waals surface area (Å²) in [6.45, 7) is 4.24. The predicted molar refractivity (Wildman–Crippen MR) is 163 cm³/mol. The van der Waals surface area contributed by atoms with Crippen molar-refractivity contribution in [1.29, 1.82) is 0 Å². The van der Waals surface area contributed by atoms with Crippen molar-refractivity contribution < 1.29 is 46.5 Å². The molecular weight excluding hydrogens is 589 g/mol. The van der Waals surface area contributed by atoms with Gasteiger partial charge < -0.3 is 18.9 Å². The fourth-order valence-corrected chi connectivity index (χ4v) is 4.29. The van der Waals surface area contributed by atoms with Gasteiger partial charge in [-0.3, -0.25) is 4.79 Å². The monoisotopic (exact) mass is 628 g/mol. The molecule has 1 unspecified atom stereocenters. The van der Waals surface area contributed by atoms with Crippen molar-refractivity contribution in [2.45, 2.75) is 77.5 Å². The standard InChI is InChI=1S/C35H39F3O7/c1-3-4-5-6-8-25(2)44-33(40)29-15-19-31(20-16-29)45-34(41)28-11-9-26(10-12-28)27-13-17-30(18-14-27)42-23-7-24-43-32(39)21-22-35(36,37)38/h9-20,25H,3-8,21-24H2,1-2H3. The van der Waals surface area contributed by atoms with Gasteiger partial charge in [0.2, 0.25) is 0 Å². The smallest absolute Gasteiger partial charge is 0.389 e. The van der Waals surface area contributed by atoms with Gasteiger partial charge >= 0.3 is 24.1 Å². The van der Waals surface area contributed by atoms with Gasteiger partial charge in [0.25, 0.3) is 0 Å². The van der Waals surface area contributed by atoms with Crippen molar-refractivity contribution in [2.75, 3.05) is 13.2 Å². The lowest BCUT2D eigenvalue weighted by Crippen LogP contribution is -2.15. The van der Waals surface area contributed by atoms with E-state index in [9.17, 15) is 27.6 Å². The minimum absolute atomic E-state index is 0.0256. The highest BCUT2D eigenvalue weighted by molar-refractivity contribution is 5.92. The third kappa shape index (κ3) is 13.0. The maximum absolute atomic E-state index is 12.7. The number of esters is 3. The third-order valence-electron chi connectivity index (χ3n) is 6.81. The number of alkyl halides is 3. The fourth-order valence-electron chi connectivity index (χ4n) is 4.29. The molecule has 0 aliphatic rings. The number of unbranched alkanes of at least 4 members (excludes halogenated alkanes) is 3. The molecule has 7 nitrogen and oxygen atoms in total. The van der Waals surface area contributed by atoms with Gasteiger partial charge in [-0.05, 0) is 79.4 Å². The normalized spacial score (nSPS) is 11.8. The first-order valence-corrected chi connectivity index (χ1v) is 15.1. The van der Waals surface area contributed by atoms with E-state index in [0.717, 1.165) is 36.8 Å². The molecule has 0 spiro atoms. The molecule has 10 heteroatoms. The zero-order valence-corrected chi connectivity index (χ0v) is 25.6. The van der Waals surface area contributed by atoms with Gasteiger partial charge in [-0.1, -0.05) is 50.5 Å². The fraction of sp³-hybridized carbons (Fsp3) is 0.400. The highest BCUT2D eigenvalue weighted by Crippen LogP contribution is 2.24. The van der Waals surface area contributed by atoms with Crippen LogP contribution in [0.3, 0.4) is 0 Å². The average Bonchev–Trinajstić information content (AvgIpc) is 3.02. The van der Waals surface area contributed by atoms with Gasteiger partial charge in [0.05, 0.1) is 43.3 Å². The van der Waals surface area contributed by atoms with Crippen molar-refractivity contribution in [3.05, 3.63) is 83.9 Å². The molecule has 0 saturated heterocycles. The molecule has 0 heterocycles. The molecule has 1 atom stereocenters. The lowest BCUT2D eigenvalue weighted by molar-refractivity contribution is -0.157. The average molecular weight is 629 g/mol. The minimum atomic E-state index is -4.39. The summed E-state index contributed by atoms with van der Waals surface area (Å²) >= 11 is 0. The van der Waals surface area contributed by atoms with Crippen LogP contribution in [-0.2, 0) is 14.3 Å². The molecule has 0 bridgehead atoms. The summed E-state index contributed by atoms with van der Waals surface area (Å²) in [5.74, 6) is -0.939. The van der Waals surface area contributed by atoms with E-state index >= 15 is 0 Å². The lowest BCUT2D eigenvalue weighted by Gasteiger charge is -2.13. The molecule has 0 N–H and O–H groups in total. The van der Waals surface area contributed by atoms with Crippen molar-refractivity contribution in [3.8, 4) is 22.6 Å². The van der Waals surface area contributed by atoms with Crippen molar-refractivity contribution >= 4 is 17.9 Å². The molecule has 3 aromatic carbocycles. The SMILES string of the molecule is CCCCCCC(C)OC(=O)c1ccc(OC(=O)c2ccc(-c3ccc(OCCCOC(=O)CCC(F)(F)F)cc3)cc2)cc1. The second-order valence-corrected chi connectivity index (χ2v) is 10.6. The zero-order chi connectivity index (χ0) is 32.7. The summed E-state index contributed by atoms with van der Waals surface area (Å²) in [7, 11) is 0. The number of hydrogen-bond acceptors (Lipinski definition) is 7. The summed E-state index contributed by atoms with van der Waals surface area (Å²) < 4.78 is 57.8. The topological polar surface area (TPSA) is 88.1 Å². The first-order valence-electron chi connectivity index (χ1n) is 15.1. The number of hydrogen-bond donors (Lipinski definition) is 0. The number of halogens is 3. The number of benzene rings is 3.